The molecule has 0 aromatic carbocycles. The summed E-state index contributed by atoms with van der Waals surface area (Å²) in [6.07, 6.45) is 0. The van der Waals surface area contributed by atoms with Crippen LogP contribution in [0.1, 0.15) is 5.56 Å². The SMILES string of the molecule is CN(C)c1nc(Cl)ccc1C(Cl)(Cl)Cl. The lowest BCUT2D eigenvalue weighted by molar-refractivity contribution is 1.02. The second kappa shape index (κ2) is 4.31. The molecule has 0 unspecified atom stereocenters. The van der Waals surface area contributed by atoms with Crippen molar-refractivity contribution in [3.63, 3.8) is 0 Å². The van der Waals surface area contributed by atoms with Crippen LogP contribution in [0.5, 0.6) is 0 Å². The molecule has 6 heteroatoms. The Morgan fingerprint density at radius 1 is 1.21 bits per heavy atom. The second-order valence-electron chi connectivity index (χ2n) is 2.90. The van der Waals surface area contributed by atoms with E-state index in [1.807, 2.05) is 0 Å². The Kier molecular flexibility index (Phi) is 3.75. The summed E-state index contributed by atoms with van der Waals surface area (Å²) in [5, 5.41) is 0.367. The van der Waals surface area contributed by atoms with Crippen molar-refractivity contribution in [1.82, 2.24) is 4.98 Å². The Labute approximate surface area is 103 Å². The first-order valence-corrected chi connectivity index (χ1v) is 5.24. The molecular formula is C8H8Cl4N2. The third-order valence-electron chi connectivity index (χ3n) is 1.57. The lowest BCUT2D eigenvalue weighted by Crippen LogP contribution is -2.16. The summed E-state index contributed by atoms with van der Waals surface area (Å²) in [6.45, 7) is 0. The number of anilines is 1. The first kappa shape index (κ1) is 12.2. The van der Waals surface area contributed by atoms with Gasteiger partial charge in [0.25, 0.3) is 0 Å². The molecule has 0 aliphatic heterocycles. The van der Waals surface area contributed by atoms with Crippen LogP contribution >= 0.6 is 46.4 Å². The van der Waals surface area contributed by atoms with Crippen molar-refractivity contribution < 1.29 is 0 Å². The lowest BCUT2D eigenvalue weighted by Gasteiger charge is -2.20. The van der Waals surface area contributed by atoms with Crippen LogP contribution in [0.3, 0.4) is 0 Å². The molecule has 0 bridgehead atoms. The maximum atomic E-state index is 5.78. The summed E-state index contributed by atoms with van der Waals surface area (Å²) in [4.78, 5) is 5.82. The highest BCUT2D eigenvalue weighted by molar-refractivity contribution is 6.67. The third kappa shape index (κ3) is 2.80. The van der Waals surface area contributed by atoms with Gasteiger partial charge in [0.05, 0.1) is 0 Å². The predicted molar refractivity (Wildman–Crippen MR) is 62.8 cm³/mol. The Morgan fingerprint density at radius 2 is 1.79 bits per heavy atom. The van der Waals surface area contributed by atoms with Gasteiger partial charge in [-0.15, -0.1) is 0 Å². The van der Waals surface area contributed by atoms with Gasteiger partial charge in [-0.1, -0.05) is 46.4 Å². The number of nitrogens with zero attached hydrogens (tertiary/aromatic N) is 2. The van der Waals surface area contributed by atoms with Gasteiger partial charge in [0.1, 0.15) is 11.0 Å². The van der Waals surface area contributed by atoms with Crippen LogP contribution in [0.15, 0.2) is 12.1 Å². The molecule has 0 saturated carbocycles. The normalized spacial score (nSPS) is 11.6. The molecule has 0 radical (unpaired) electrons. The molecular weight excluding hydrogens is 266 g/mol. The first-order chi connectivity index (χ1) is 6.32. The Hall–Kier alpha value is 0.110. The second-order valence-corrected chi connectivity index (χ2v) is 5.57. The average molecular weight is 274 g/mol. The zero-order chi connectivity index (χ0) is 10.9. The van der Waals surface area contributed by atoms with Crippen molar-refractivity contribution >= 4 is 52.2 Å². The number of rotatable bonds is 1. The minimum atomic E-state index is -1.49. The molecule has 1 heterocycles. The molecule has 0 amide bonds. The topological polar surface area (TPSA) is 16.1 Å². The van der Waals surface area contributed by atoms with Gasteiger partial charge in [0.15, 0.2) is 0 Å². The summed E-state index contributed by atoms with van der Waals surface area (Å²) >= 11 is 23.1. The van der Waals surface area contributed by atoms with Crippen LogP contribution in [0.4, 0.5) is 5.82 Å². The number of aromatic nitrogens is 1. The summed E-state index contributed by atoms with van der Waals surface area (Å²) in [7, 11) is 3.61. The van der Waals surface area contributed by atoms with Crippen molar-refractivity contribution in [3.8, 4) is 0 Å². The van der Waals surface area contributed by atoms with E-state index in [-0.39, 0.29) is 0 Å². The average Bonchev–Trinajstić information content (AvgIpc) is 2.01. The maximum Gasteiger partial charge on any atom is 0.219 e. The van der Waals surface area contributed by atoms with Crippen LogP contribution in [-0.4, -0.2) is 19.1 Å². The Morgan fingerprint density at radius 3 is 2.21 bits per heavy atom. The summed E-state index contributed by atoms with van der Waals surface area (Å²) in [6, 6.07) is 3.24. The number of alkyl halides is 3. The summed E-state index contributed by atoms with van der Waals surface area (Å²) in [5.74, 6) is 0.553. The number of hydrogen-bond acceptors (Lipinski definition) is 2. The van der Waals surface area contributed by atoms with E-state index >= 15 is 0 Å². The van der Waals surface area contributed by atoms with E-state index in [0.29, 0.717) is 16.5 Å². The minimum absolute atomic E-state index is 0.367. The van der Waals surface area contributed by atoms with Crippen molar-refractivity contribution in [1.29, 1.82) is 0 Å². The molecule has 1 aromatic rings. The zero-order valence-electron chi connectivity index (χ0n) is 7.56. The lowest BCUT2D eigenvalue weighted by atomic mass is 10.3. The highest BCUT2D eigenvalue weighted by Gasteiger charge is 2.27. The molecule has 0 fully saturated rings. The zero-order valence-corrected chi connectivity index (χ0v) is 10.6. The molecule has 1 aromatic heterocycles. The van der Waals surface area contributed by atoms with Crippen molar-refractivity contribution in [3.05, 3.63) is 22.8 Å². The molecule has 78 valence electrons. The molecule has 2 nitrogen and oxygen atoms in total. The quantitative estimate of drug-likeness (QED) is 0.574. The van der Waals surface area contributed by atoms with Gasteiger partial charge >= 0.3 is 0 Å². The summed E-state index contributed by atoms with van der Waals surface area (Å²) in [5.41, 5.74) is 0.511. The van der Waals surface area contributed by atoms with Gasteiger partial charge in [-0.25, -0.2) is 4.98 Å². The molecule has 0 N–H and O–H groups in total. The molecule has 0 aliphatic rings. The fourth-order valence-electron chi connectivity index (χ4n) is 0.987. The van der Waals surface area contributed by atoms with Crippen LogP contribution in [0.25, 0.3) is 0 Å². The van der Waals surface area contributed by atoms with E-state index in [1.54, 1.807) is 31.1 Å². The van der Waals surface area contributed by atoms with Gasteiger partial charge < -0.3 is 4.90 Å². The smallest absolute Gasteiger partial charge is 0.219 e. The summed E-state index contributed by atoms with van der Waals surface area (Å²) < 4.78 is -1.49. The molecule has 0 spiro atoms. The van der Waals surface area contributed by atoms with E-state index in [1.165, 1.54) is 0 Å². The molecule has 1 rings (SSSR count). The van der Waals surface area contributed by atoms with Gasteiger partial charge in [-0.05, 0) is 12.1 Å². The minimum Gasteiger partial charge on any atom is -0.362 e. The molecule has 0 aliphatic carbocycles. The van der Waals surface area contributed by atoms with Gasteiger partial charge in [-0.3, -0.25) is 0 Å². The highest BCUT2D eigenvalue weighted by Crippen LogP contribution is 2.42. The maximum absolute atomic E-state index is 5.78. The van der Waals surface area contributed by atoms with Crippen molar-refractivity contribution in [2.24, 2.45) is 0 Å². The number of pyridine rings is 1. The highest BCUT2D eigenvalue weighted by atomic mass is 35.6. The number of hydrogen-bond donors (Lipinski definition) is 0. The van der Waals surface area contributed by atoms with E-state index < -0.39 is 3.79 Å². The predicted octanol–water partition coefficient (Wildman–Crippen LogP) is 3.63. The largest absolute Gasteiger partial charge is 0.362 e. The standard InChI is InChI=1S/C8H8Cl4N2/c1-14(2)7-5(8(10,11)12)3-4-6(9)13-7/h3-4H,1-2H3. The van der Waals surface area contributed by atoms with Gasteiger partial charge in [0.2, 0.25) is 3.79 Å². The third-order valence-corrected chi connectivity index (χ3v) is 2.39. The van der Waals surface area contributed by atoms with Crippen LogP contribution in [0.2, 0.25) is 5.15 Å². The molecule has 0 atom stereocenters. The Bertz CT molecular complexity index is 333. The monoisotopic (exact) mass is 272 g/mol. The van der Waals surface area contributed by atoms with Crippen LogP contribution < -0.4 is 4.90 Å². The molecule has 14 heavy (non-hydrogen) atoms. The first-order valence-electron chi connectivity index (χ1n) is 3.73. The van der Waals surface area contributed by atoms with Crippen LogP contribution in [0, 0.1) is 0 Å². The fraction of sp³-hybridized carbons (Fsp3) is 0.375. The molecule has 0 saturated heterocycles. The van der Waals surface area contributed by atoms with Gasteiger partial charge in [0, 0.05) is 19.7 Å². The van der Waals surface area contributed by atoms with E-state index in [0.717, 1.165) is 0 Å². The Balaban J connectivity index is 3.29. The number of halogens is 4. The van der Waals surface area contributed by atoms with Crippen LogP contribution in [-0.2, 0) is 3.79 Å². The van der Waals surface area contributed by atoms with Crippen molar-refractivity contribution in [2.75, 3.05) is 19.0 Å². The van der Waals surface area contributed by atoms with E-state index in [9.17, 15) is 0 Å². The van der Waals surface area contributed by atoms with E-state index in [4.69, 9.17) is 46.4 Å². The van der Waals surface area contributed by atoms with Crippen molar-refractivity contribution in [2.45, 2.75) is 3.79 Å². The fourth-order valence-corrected chi connectivity index (χ4v) is 1.57. The van der Waals surface area contributed by atoms with Gasteiger partial charge in [-0.2, -0.15) is 0 Å². The van der Waals surface area contributed by atoms with E-state index in [2.05, 4.69) is 4.98 Å².